The van der Waals surface area contributed by atoms with Crippen LogP contribution in [0.15, 0.2) is 24.3 Å². The summed E-state index contributed by atoms with van der Waals surface area (Å²) in [5.41, 5.74) is 1.47. The Morgan fingerprint density at radius 2 is 1.65 bits per heavy atom. The lowest BCUT2D eigenvalue weighted by molar-refractivity contribution is -0.221. The van der Waals surface area contributed by atoms with Crippen LogP contribution in [0.25, 0.3) is 5.57 Å². The number of nitrogens with zero attached hydrogens (tertiary/aromatic N) is 1. The van der Waals surface area contributed by atoms with Crippen molar-refractivity contribution in [1.82, 2.24) is 10.2 Å². The number of fused-ring (bicyclic) bond motifs is 7. The lowest BCUT2D eigenvalue weighted by Gasteiger charge is -2.72. The Hall–Kier alpha value is -2.30. The summed E-state index contributed by atoms with van der Waals surface area (Å²) >= 11 is 0. The zero-order valence-corrected chi connectivity index (χ0v) is 33.0. The third-order valence-corrected chi connectivity index (χ3v) is 18.6. The van der Waals surface area contributed by atoms with E-state index in [-0.39, 0.29) is 56.1 Å². The van der Waals surface area contributed by atoms with Gasteiger partial charge in [0.25, 0.3) is 0 Å². The second kappa shape index (κ2) is 12.9. The molecule has 6 aliphatic rings. The number of allylic oxidation sites excluding steroid dienone is 2. The normalized spacial score (nSPS) is 41.4. The minimum Gasteiger partial charge on any atom is -0.481 e. The van der Waals surface area contributed by atoms with E-state index in [0.29, 0.717) is 30.8 Å². The number of nitrogens with one attached hydrogen (secondary N) is 1. The van der Waals surface area contributed by atoms with Crippen molar-refractivity contribution in [3.63, 3.8) is 0 Å². The Morgan fingerprint density at radius 3 is 2.31 bits per heavy atom. The molecule has 1 aliphatic heterocycles. The number of hydrogen-bond donors (Lipinski definition) is 3. The van der Waals surface area contributed by atoms with Gasteiger partial charge in [-0.25, -0.2) is 17.6 Å². The van der Waals surface area contributed by atoms with Gasteiger partial charge in [0.1, 0.15) is 5.82 Å². The molecule has 1 aromatic rings. The van der Waals surface area contributed by atoms with Crippen molar-refractivity contribution in [3.05, 3.63) is 41.2 Å². The van der Waals surface area contributed by atoms with E-state index in [1.807, 2.05) is 6.92 Å². The predicted molar refractivity (Wildman–Crippen MR) is 201 cm³/mol. The van der Waals surface area contributed by atoms with Crippen molar-refractivity contribution in [3.8, 4) is 0 Å². The quantitative estimate of drug-likeness (QED) is 0.252. The van der Waals surface area contributed by atoms with Crippen molar-refractivity contribution >= 4 is 27.3 Å². The zero-order valence-electron chi connectivity index (χ0n) is 32.1. The maximum absolute atomic E-state index is 14.9. The summed E-state index contributed by atoms with van der Waals surface area (Å²) in [5, 5.41) is 23.8. The fourth-order valence-corrected chi connectivity index (χ4v) is 15.4. The first-order chi connectivity index (χ1) is 24.3. The first-order valence-electron chi connectivity index (χ1n) is 19.9. The number of carbonyl (C=O) groups is 2. The van der Waals surface area contributed by atoms with Gasteiger partial charge < -0.3 is 20.4 Å². The molecule has 1 aromatic carbocycles. The highest BCUT2D eigenvalue weighted by Gasteiger charge is 2.70. The Bertz CT molecular complexity index is 1750. The summed E-state index contributed by atoms with van der Waals surface area (Å²) in [6.45, 7) is 17.0. The Morgan fingerprint density at radius 1 is 0.942 bits per heavy atom. The smallest absolute Gasteiger partial charge is 0.338 e. The van der Waals surface area contributed by atoms with E-state index in [0.717, 1.165) is 82.0 Å². The summed E-state index contributed by atoms with van der Waals surface area (Å²) in [4.78, 5) is 26.4. The van der Waals surface area contributed by atoms with E-state index >= 15 is 0 Å². The third-order valence-electron chi connectivity index (χ3n) is 16.9. The number of sulfone groups is 1. The Kier molecular flexibility index (Phi) is 9.42. The molecule has 288 valence electrons. The average molecular weight is 741 g/mol. The number of aliphatic carboxylic acids is 1. The summed E-state index contributed by atoms with van der Waals surface area (Å²) < 4.78 is 39.0. The van der Waals surface area contributed by atoms with Gasteiger partial charge in [0.05, 0.1) is 23.0 Å². The first-order valence-corrected chi connectivity index (χ1v) is 21.8. The van der Waals surface area contributed by atoms with E-state index in [4.69, 9.17) is 0 Å². The summed E-state index contributed by atoms with van der Waals surface area (Å²) in [7, 11) is -2.93. The molecule has 4 saturated carbocycles. The molecule has 3 N–H and O–H groups in total. The molecule has 0 amide bonds. The lowest BCUT2D eigenvalue weighted by Crippen LogP contribution is -2.68. The van der Waals surface area contributed by atoms with E-state index in [2.05, 4.69) is 50.9 Å². The number of aromatic carboxylic acids is 1. The maximum atomic E-state index is 14.9. The predicted octanol–water partition coefficient (Wildman–Crippen LogP) is 7.39. The fraction of sp³-hybridized carbons (Fsp3) is 0.762. The number of carboxylic acid groups (broad SMARTS) is 2. The monoisotopic (exact) mass is 740 g/mol. The van der Waals surface area contributed by atoms with E-state index in [1.54, 1.807) is 6.07 Å². The molecule has 1 saturated heterocycles. The molecule has 10 heteroatoms. The van der Waals surface area contributed by atoms with Crippen LogP contribution in [0.2, 0.25) is 0 Å². The van der Waals surface area contributed by atoms with Gasteiger partial charge >= 0.3 is 11.9 Å². The molecule has 1 unspecified atom stereocenters. The van der Waals surface area contributed by atoms with Gasteiger partial charge in [-0.3, -0.25) is 4.79 Å². The largest absolute Gasteiger partial charge is 0.481 e. The average Bonchev–Trinajstić information content (AvgIpc) is 3.44. The molecule has 0 bridgehead atoms. The van der Waals surface area contributed by atoms with Gasteiger partial charge in [0.15, 0.2) is 9.84 Å². The van der Waals surface area contributed by atoms with Gasteiger partial charge in [-0.15, -0.1) is 0 Å². The van der Waals surface area contributed by atoms with Crippen LogP contribution in [0.1, 0.15) is 115 Å². The molecule has 8 nitrogen and oxygen atoms in total. The summed E-state index contributed by atoms with van der Waals surface area (Å²) in [5.74, 6) is -0.881. The molecule has 1 heterocycles. The standard InChI is InChI=1S/C42H61FN2O6S/c1-26(36(46)47)28-11-16-42(44-19-20-45-21-23-52(50,51)24-22-45)18-17-40(5)31(35(28)42)9-10-34-39(4)14-12-30(27-7-8-29(37(48)49)32(43)25-27)38(2,3)33(39)13-15-41(34,40)6/h7-8,12,25-26,28,31,33-35,44H,9-11,13-24H2,1-6H3,(H,46,47)(H,48,49)/t26?,28-,31+,33-,34+,35+,39-,40+,41+,42-/m0/s1. The van der Waals surface area contributed by atoms with Gasteiger partial charge in [-0.1, -0.05) is 53.7 Å². The highest BCUT2D eigenvalue weighted by Crippen LogP contribution is 2.76. The molecular weight excluding hydrogens is 680 g/mol. The van der Waals surface area contributed by atoms with Gasteiger partial charge in [-0.2, -0.15) is 0 Å². The molecular formula is C42H61FN2O6S. The molecule has 0 spiro atoms. The number of rotatable bonds is 8. The van der Waals surface area contributed by atoms with E-state index in [9.17, 15) is 32.6 Å². The minimum absolute atomic E-state index is 0.0473. The molecule has 52 heavy (non-hydrogen) atoms. The van der Waals surface area contributed by atoms with Crippen LogP contribution >= 0.6 is 0 Å². The van der Waals surface area contributed by atoms with Crippen molar-refractivity contribution < 1.29 is 32.6 Å². The minimum atomic E-state index is -2.93. The first kappa shape index (κ1) is 38.0. The van der Waals surface area contributed by atoms with E-state index in [1.165, 1.54) is 12.1 Å². The van der Waals surface area contributed by atoms with Crippen LogP contribution in [-0.4, -0.2) is 78.7 Å². The topological polar surface area (TPSA) is 124 Å². The number of carboxylic acids is 2. The van der Waals surface area contributed by atoms with Gasteiger partial charge in [-0.05, 0) is 132 Å². The summed E-state index contributed by atoms with van der Waals surface area (Å²) in [6, 6.07) is 4.59. The van der Waals surface area contributed by atoms with Crippen LogP contribution in [0.4, 0.5) is 4.39 Å². The maximum Gasteiger partial charge on any atom is 0.338 e. The highest BCUT2D eigenvalue weighted by molar-refractivity contribution is 7.91. The number of benzene rings is 1. The van der Waals surface area contributed by atoms with Crippen LogP contribution < -0.4 is 5.32 Å². The molecule has 7 rings (SSSR count). The molecule has 5 aliphatic carbocycles. The molecule has 10 atom stereocenters. The third kappa shape index (κ3) is 5.73. The molecule has 5 fully saturated rings. The second-order valence-electron chi connectivity index (χ2n) is 19.1. The number of hydrogen-bond acceptors (Lipinski definition) is 6. The summed E-state index contributed by atoms with van der Waals surface area (Å²) in [6.07, 6.45) is 11.7. The molecule has 0 aromatic heterocycles. The second-order valence-corrected chi connectivity index (χ2v) is 21.4. The van der Waals surface area contributed by atoms with Crippen molar-refractivity contribution in [2.75, 3.05) is 37.7 Å². The zero-order chi connectivity index (χ0) is 37.6. The van der Waals surface area contributed by atoms with E-state index < -0.39 is 33.5 Å². The number of halogens is 1. The Balaban J connectivity index is 1.17. The van der Waals surface area contributed by atoms with Gasteiger partial charge in [0, 0.05) is 31.7 Å². The van der Waals surface area contributed by atoms with Crippen LogP contribution in [0, 0.1) is 63.0 Å². The van der Waals surface area contributed by atoms with Crippen molar-refractivity contribution in [2.24, 2.45) is 57.2 Å². The SMILES string of the molecule is CC(C(=O)O)[C@@H]1CC[C@]2(NCCN3CCS(=O)(=O)CC3)CC[C@]3(C)[C@H](CC[C@@H]4[C@@]5(C)CC=C(c6ccc(C(=O)O)c(F)c6)C(C)(C)[C@@H]5CC[C@]43C)[C@@H]12. The fourth-order valence-electron chi connectivity index (χ4n) is 14.1. The van der Waals surface area contributed by atoms with Crippen LogP contribution in [-0.2, 0) is 14.6 Å². The van der Waals surface area contributed by atoms with Crippen LogP contribution in [0.5, 0.6) is 0 Å². The van der Waals surface area contributed by atoms with Crippen molar-refractivity contribution in [2.45, 2.75) is 105 Å². The van der Waals surface area contributed by atoms with Crippen molar-refractivity contribution in [1.29, 1.82) is 0 Å². The highest BCUT2D eigenvalue weighted by atomic mass is 32.2. The van der Waals surface area contributed by atoms with Gasteiger partial charge in [0.2, 0.25) is 0 Å². The lowest BCUT2D eigenvalue weighted by atomic mass is 9.33. The Labute approximate surface area is 310 Å². The molecule has 0 radical (unpaired) electrons. The van der Waals surface area contributed by atoms with Crippen LogP contribution in [0.3, 0.4) is 0 Å².